The van der Waals surface area contributed by atoms with Gasteiger partial charge in [-0.25, -0.2) is 4.79 Å². The molecule has 0 unspecified atom stereocenters. The zero-order valence-electron chi connectivity index (χ0n) is 12.3. The summed E-state index contributed by atoms with van der Waals surface area (Å²) in [6, 6.07) is 1.74. The quantitative estimate of drug-likeness (QED) is 0.861. The van der Waals surface area contributed by atoms with Crippen LogP contribution < -0.4 is 10.1 Å². The van der Waals surface area contributed by atoms with Gasteiger partial charge in [0.2, 0.25) is 0 Å². The van der Waals surface area contributed by atoms with Crippen LogP contribution in [0.15, 0.2) is 18.5 Å². The molecule has 2 N–H and O–H groups in total. The molecule has 20 heavy (non-hydrogen) atoms. The number of rotatable bonds is 5. The SMILES string of the molecule is C[C@@H](O)COc1cnccc1CNC(=O)OC(C)(C)C. The second kappa shape index (κ2) is 7.09. The number of hydrogen-bond acceptors (Lipinski definition) is 5. The molecule has 1 amide bonds. The molecule has 112 valence electrons. The van der Waals surface area contributed by atoms with Gasteiger partial charge in [0.15, 0.2) is 0 Å². The van der Waals surface area contributed by atoms with Crippen LogP contribution in [-0.2, 0) is 11.3 Å². The molecule has 0 saturated carbocycles. The van der Waals surface area contributed by atoms with Crippen LogP contribution in [-0.4, -0.2) is 34.5 Å². The van der Waals surface area contributed by atoms with Gasteiger partial charge in [-0.15, -0.1) is 0 Å². The van der Waals surface area contributed by atoms with Crippen LogP contribution in [0.4, 0.5) is 4.79 Å². The van der Waals surface area contributed by atoms with Crippen LogP contribution in [0, 0.1) is 0 Å². The number of carbonyl (C=O) groups excluding carboxylic acids is 1. The van der Waals surface area contributed by atoms with E-state index in [-0.39, 0.29) is 13.2 Å². The molecule has 6 nitrogen and oxygen atoms in total. The van der Waals surface area contributed by atoms with Gasteiger partial charge in [-0.05, 0) is 33.8 Å². The van der Waals surface area contributed by atoms with Crippen LogP contribution in [0.1, 0.15) is 33.3 Å². The highest BCUT2D eigenvalue weighted by Crippen LogP contribution is 2.16. The number of nitrogens with one attached hydrogen (secondary N) is 1. The largest absolute Gasteiger partial charge is 0.489 e. The molecule has 1 heterocycles. The van der Waals surface area contributed by atoms with Crippen LogP contribution in [0.5, 0.6) is 5.75 Å². The lowest BCUT2D eigenvalue weighted by Crippen LogP contribution is -2.32. The highest BCUT2D eigenvalue weighted by atomic mass is 16.6. The maximum atomic E-state index is 11.6. The minimum atomic E-state index is -0.568. The highest BCUT2D eigenvalue weighted by Gasteiger charge is 2.16. The van der Waals surface area contributed by atoms with E-state index < -0.39 is 17.8 Å². The van der Waals surface area contributed by atoms with E-state index in [1.807, 2.05) is 0 Å². The molecular weight excluding hydrogens is 260 g/mol. The Kier molecular flexibility index (Phi) is 5.76. The second-order valence-electron chi connectivity index (χ2n) is 5.50. The summed E-state index contributed by atoms with van der Waals surface area (Å²) in [6.45, 7) is 7.48. The topological polar surface area (TPSA) is 80.7 Å². The predicted octanol–water partition coefficient (Wildman–Crippen LogP) is 1.87. The molecule has 0 aliphatic heterocycles. The third-order valence-corrected chi connectivity index (χ3v) is 2.17. The standard InChI is InChI=1S/C14H22N2O4/c1-10(17)9-19-12-8-15-6-5-11(12)7-16-13(18)20-14(2,3)4/h5-6,8,10,17H,7,9H2,1-4H3,(H,16,18)/t10-/m1/s1. The first-order chi connectivity index (χ1) is 9.28. The van der Waals surface area contributed by atoms with Crippen molar-refractivity contribution in [2.24, 2.45) is 0 Å². The predicted molar refractivity (Wildman–Crippen MR) is 74.5 cm³/mol. The van der Waals surface area contributed by atoms with Crippen molar-refractivity contribution < 1.29 is 19.4 Å². The summed E-state index contributed by atoms with van der Waals surface area (Å²) in [5, 5.41) is 11.9. The Bertz CT molecular complexity index is 441. The van der Waals surface area contributed by atoms with Crippen molar-refractivity contribution >= 4 is 6.09 Å². The van der Waals surface area contributed by atoms with E-state index in [2.05, 4.69) is 10.3 Å². The Labute approximate surface area is 119 Å². The Hall–Kier alpha value is -1.82. The smallest absolute Gasteiger partial charge is 0.407 e. The molecule has 0 saturated heterocycles. The summed E-state index contributed by atoms with van der Waals surface area (Å²) in [5.74, 6) is 0.532. The molecule has 6 heteroatoms. The molecular formula is C14H22N2O4. The van der Waals surface area contributed by atoms with Crippen LogP contribution >= 0.6 is 0 Å². The van der Waals surface area contributed by atoms with Gasteiger partial charge in [-0.2, -0.15) is 0 Å². The van der Waals surface area contributed by atoms with Crippen molar-refractivity contribution in [1.82, 2.24) is 10.3 Å². The van der Waals surface area contributed by atoms with Crippen molar-refractivity contribution in [3.63, 3.8) is 0 Å². The molecule has 1 aromatic rings. The number of carbonyl (C=O) groups is 1. The Morgan fingerprint density at radius 3 is 2.80 bits per heavy atom. The molecule has 0 aliphatic carbocycles. The Morgan fingerprint density at radius 1 is 1.50 bits per heavy atom. The third kappa shape index (κ3) is 6.38. The van der Waals surface area contributed by atoms with Gasteiger partial charge in [0.1, 0.15) is 18.0 Å². The molecule has 1 rings (SSSR count). The molecule has 0 aliphatic rings. The third-order valence-electron chi connectivity index (χ3n) is 2.17. The molecule has 0 fully saturated rings. The molecule has 0 radical (unpaired) electrons. The first-order valence-corrected chi connectivity index (χ1v) is 6.48. The average molecular weight is 282 g/mol. The Morgan fingerprint density at radius 2 is 2.20 bits per heavy atom. The van der Waals surface area contributed by atoms with Crippen molar-refractivity contribution in [3.8, 4) is 5.75 Å². The maximum absolute atomic E-state index is 11.6. The molecule has 0 spiro atoms. The van der Waals surface area contributed by atoms with Crippen LogP contribution in [0.2, 0.25) is 0 Å². The van der Waals surface area contributed by atoms with E-state index in [0.29, 0.717) is 5.75 Å². The molecule has 0 bridgehead atoms. The number of alkyl carbamates (subject to hydrolysis) is 1. The fraction of sp³-hybridized carbons (Fsp3) is 0.571. The molecule has 1 atom stereocenters. The molecule has 1 aromatic heterocycles. The van der Waals surface area contributed by atoms with Crippen LogP contribution in [0.3, 0.4) is 0 Å². The second-order valence-corrected chi connectivity index (χ2v) is 5.50. The number of ether oxygens (including phenoxy) is 2. The summed E-state index contributed by atoms with van der Waals surface area (Å²) < 4.78 is 10.6. The van der Waals surface area contributed by atoms with E-state index in [0.717, 1.165) is 5.56 Å². The number of hydrogen-bond donors (Lipinski definition) is 2. The van der Waals surface area contributed by atoms with Gasteiger partial charge in [-0.1, -0.05) is 0 Å². The molecule has 0 aromatic carbocycles. The van der Waals surface area contributed by atoms with Crippen molar-refractivity contribution in [3.05, 3.63) is 24.0 Å². The maximum Gasteiger partial charge on any atom is 0.407 e. The summed E-state index contributed by atoms with van der Waals surface area (Å²) in [6.07, 6.45) is 2.10. The van der Waals surface area contributed by atoms with E-state index in [4.69, 9.17) is 9.47 Å². The lowest BCUT2D eigenvalue weighted by molar-refractivity contribution is 0.0522. The van der Waals surface area contributed by atoms with E-state index in [9.17, 15) is 9.90 Å². The number of amides is 1. The number of aliphatic hydroxyl groups excluding tert-OH is 1. The highest BCUT2D eigenvalue weighted by molar-refractivity contribution is 5.67. The lowest BCUT2D eigenvalue weighted by atomic mass is 10.2. The number of nitrogens with zero attached hydrogens (tertiary/aromatic N) is 1. The van der Waals surface area contributed by atoms with E-state index in [1.165, 1.54) is 0 Å². The first kappa shape index (κ1) is 16.2. The summed E-state index contributed by atoms with van der Waals surface area (Å²) >= 11 is 0. The first-order valence-electron chi connectivity index (χ1n) is 6.48. The Balaban J connectivity index is 2.57. The van der Waals surface area contributed by atoms with E-state index in [1.54, 1.807) is 46.2 Å². The fourth-order valence-electron chi connectivity index (χ4n) is 1.38. The van der Waals surface area contributed by atoms with Gasteiger partial charge in [-0.3, -0.25) is 4.98 Å². The van der Waals surface area contributed by atoms with Gasteiger partial charge in [0, 0.05) is 18.3 Å². The number of aromatic nitrogens is 1. The summed E-state index contributed by atoms with van der Waals surface area (Å²) in [4.78, 5) is 15.5. The number of aliphatic hydroxyl groups is 1. The van der Waals surface area contributed by atoms with Gasteiger partial charge >= 0.3 is 6.09 Å². The number of pyridine rings is 1. The van der Waals surface area contributed by atoms with Crippen LogP contribution in [0.25, 0.3) is 0 Å². The summed E-state index contributed by atoms with van der Waals surface area (Å²) in [7, 11) is 0. The fourth-order valence-corrected chi connectivity index (χ4v) is 1.38. The van der Waals surface area contributed by atoms with E-state index >= 15 is 0 Å². The summed E-state index contributed by atoms with van der Waals surface area (Å²) in [5.41, 5.74) is 0.236. The van der Waals surface area contributed by atoms with Gasteiger partial charge in [0.25, 0.3) is 0 Å². The van der Waals surface area contributed by atoms with Gasteiger partial charge in [0.05, 0.1) is 12.3 Å². The normalized spacial score (nSPS) is 12.7. The van der Waals surface area contributed by atoms with Crippen molar-refractivity contribution in [2.45, 2.75) is 45.9 Å². The lowest BCUT2D eigenvalue weighted by Gasteiger charge is -2.20. The zero-order chi connectivity index (χ0) is 15.2. The average Bonchev–Trinajstić information content (AvgIpc) is 2.32. The van der Waals surface area contributed by atoms with Crippen molar-refractivity contribution in [1.29, 1.82) is 0 Å². The zero-order valence-corrected chi connectivity index (χ0v) is 12.3. The van der Waals surface area contributed by atoms with Crippen molar-refractivity contribution in [2.75, 3.05) is 6.61 Å². The minimum Gasteiger partial charge on any atom is -0.489 e. The van der Waals surface area contributed by atoms with Gasteiger partial charge < -0.3 is 19.9 Å². The minimum absolute atomic E-state index is 0.172. The monoisotopic (exact) mass is 282 g/mol.